The first-order valence-corrected chi connectivity index (χ1v) is 20.4. The van der Waals surface area contributed by atoms with Crippen LogP contribution < -0.4 is 25.8 Å². The smallest absolute Gasteiger partial charge is 0.267 e. The average molecular weight is 795 g/mol. The lowest BCUT2D eigenvalue weighted by molar-refractivity contribution is -0.134. The number of nitrogens with one attached hydrogen (secondary N) is 3. The van der Waals surface area contributed by atoms with Gasteiger partial charge in [-0.1, -0.05) is 47.2 Å². The van der Waals surface area contributed by atoms with E-state index in [1.54, 1.807) is 12.3 Å². The number of carbonyl (C=O) groups is 4. The van der Waals surface area contributed by atoms with Gasteiger partial charge in [-0.05, 0) is 69.0 Å². The van der Waals surface area contributed by atoms with Crippen LogP contribution in [0.3, 0.4) is 0 Å². The van der Waals surface area contributed by atoms with Gasteiger partial charge in [-0.3, -0.25) is 29.4 Å². The summed E-state index contributed by atoms with van der Waals surface area (Å²) >= 11 is 7.54. The third kappa shape index (κ3) is 6.96. The van der Waals surface area contributed by atoms with Crippen molar-refractivity contribution in [1.82, 2.24) is 30.1 Å². The van der Waals surface area contributed by atoms with Gasteiger partial charge in [0.15, 0.2) is 5.13 Å². The Morgan fingerprint density at radius 2 is 1.82 bits per heavy atom. The summed E-state index contributed by atoms with van der Waals surface area (Å²) in [7, 11) is 0. The van der Waals surface area contributed by atoms with Gasteiger partial charge >= 0.3 is 0 Å². The molecular formula is C40H43ClN10O4S. The number of para-hydroxylation sites is 1. The van der Waals surface area contributed by atoms with Gasteiger partial charge in [-0.15, -0.1) is 0 Å². The normalized spacial score (nSPS) is 24.1. The number of piperidine rings is 1. The van der Waals surface area contributed by atoms with Crippen LogP contribution in [0.25, 0.3) is 0 Å². The molecule has 0 radical (unpaired) electrons. The Labute approximate surface area is 333 Å². The second-order valence-electron chi connectivity index (χ2n) is 15.4. The number of carbonyl (C=O) groups excluding carboxylic acids is 4. The number of aryl methyl sites for hydroxylation is 2. The van der Waals surface area contributed by atoms with E-state index in [1.807, 2.05) is 44.2 Å². The molecule has 14 nitrogen and oxygen atoms in total. The number of imide groups is 1. The first kappa shape index (κ1) is 36.5. The van der Waals surface area contributed by atoms with E-state index in [2.05, 4.69) is 57.7 Å². The zero-order chi connectivity index (χ0) is 38.7. The Morgan fingerprint density at radius 3 is 2.55 bits per heavy atom. The number of anilines is 5. The van der Waals surface area contributed by atoms with Gasteiger partial charge < -0.3 is 25.3 Å². The van der Waals surface area contributed by atoms with Gasteiger partial charge in [-0.2, -0.15) is 0 Å². The molecule has 5 aliphatic rings. The zero-order valence-electron chi connectivity index (χ0n) is 31.2. The average Bonchev–Trinajstić information content (AvgIpc) is 3.92. The second-order valence-corrected chi connectivity index (χ2v) is 16.9. The standard InChI is InChI=1S/C40H43ClN10O4S/c1-22-5-3-6-29(41)37(22)47-39(55)32-17-42-40(56-32)45-33-16-34(44-23(2)43-33)51-21-30-31(51)20-48(30)14-4-7-36(53)50-19-26-15-27(50)18-49(26)25-10-8-24(9-11-25)28-12-13-35(52)46-38(28)54/h3,5-6,8-11,16-17,26-28,30-31H,4,7,12-15,18-21H2,1-2H3,(H,47,55)(H,46,52,54)(H,42,43,44,45)/t26?,27?,28?,30-,31?/m0/s1. The number of rotatable bonds is 11. The summed E-state index contributed by atoms with van der Waals surface area (Å²) in [5.41, 5.74) is 3.52. The van der Waals surface area contributed by atoms with E-state index in [1.165, 1.54) is 11.3 Å². The van der Waals surface area contributed by atoms with Crippen molar-refractivity contribution in [1.29, 1.82) is 0 Å². The third-order valence-electron chi connectivity index (χ3n) is 11.9. The predicted molar refractivity (Wildman–Crippen MR) is 215 cm³/mol. The largest absolute Gasteiger partial charge is 0.365 e. The van der Waals surface area contributed by atoms with Crippen molar-refractivity contribution in [3.8, 4) is 0 Å². The molecule has 0 saturated carbocycles. The minimum absolute atomic E-state index is 0.201. The lowest BCUT2D eigenvalue weighted by Crippen LogP contribution is -2.79. The number of benzene rings is 2. The van der Waals surface area contributed by atoms with Gasteiger partial charge in [0.2, 0.25) is 17.7 Å². The van der Waals surface area contributed by atoms with Gasteiger partial charge in [-0.25, -0.2) is 15.0 Å². The number of hydrogen-bond donors (Lipinski definition) is 3. The molecule has 5 aliphatic heterocycles. The highest BCUT2D eigenvalue weighted by atomic mass is 35.5. The number of likely N-dealkylation sites (tertiary alicyclic amines) is 2. The van der Waals surface area contributed by atoms with E-state index in [9.17, 15) is 19.2 Å². The molecule has 5 saturated heterocycles. The predicted octanol–water partition coefficient (Wildman–Crippen LogP) is 4.86. The maximum absolute atomic E-state index is 13.3. The molecule has 56 heavy (non-hydrogen) atoms. The minimum Gasteiger partial charge on any atom is -0.365 e. The van der Waals surface area contributed by atoms with Gasteiger partial charge in [0, 0.05) is 62.9 Å². The van der Waals surface area contributed by atoms with Gasteiger partial charge in [0.1, 0.15) is 22.3 Å². The van der Waals surface area contributed by atoms with Crippen molar-refractivity contribution >= 4 is 74.7 Å². The fourth-order valence-corrected chi connectivity index (χ4v) is 9.90. The van der Waals surface area contributed by atoms with Crippen molar-refractivity contribution in [3.63, 3.8) is 0 Å². The molecule has 16 heteroatoms. The van der Waals surface area contributed by atoms with Crippen molar-refractivity contribution < 1.29 is 19.2 Å². The maximum atomic E-state index is 13.3. The molecular weight excluding hydrogens is 752 g/mol. The Bertz CT molecular complexity index is 2200. The molecule has 5 fully saturated rings. The molecule has 3 N–H and O–H groups in total. The van der Waals surface area contributed by atoms with Crippen LogP contribution in [-0.4, -0.2) is 105 Å². The van der Waals surface area contributed by atoms with E-state index < -0.39 is 0 Å². The summed E-state index contributed by atoms with van der Waals surface area (Å²) < 4.78 is 0. The molecule has 7 heterocycles. The van der Waals surface area contributed by atoms with Crippen LogP contribution in [0.4, 0.5) is 28.1 Å². The summed E-state index contributed by atoms with van der Waals surface area (Å²) in [5, 5.41) is 9.63. The topological polar surface area (TPSA) is 156 Å². The lowest BCUT2D eigenvalue weighted by atomic mass is 9.85. The Kier molecular flexibility index (Phi) is 9.62. The SMILES string of the molecule is Cc1nc(Nc2ncc(C(=O)Nc3c(C)cccc3Cl)s2)cc(N2C[C@H]3C2CN3CCCC(=O)N2CC3CC2CN3c2ccc(C3CCC(=O)NC3=O)cc2)n1. The summed E-state index contributed by atoms with van der Waals surface area (Å²) in [6.45, 7) is 8.05. The molecule has 5 atom stereocenters. The van der Waals surface area contributed by atoms with E-state index in [0.29, 0.717) is 69.7 Å². The summed E-state index contributed by atoms with van der Waals surface area (Å²) in [4.78, 5) is 73.5. The highest BCUT2D eigenvalue weighted by Crippen LogP contribution is 2.39. The van der Waals surface area contributed by atoms with Crippen molar-refractivity contribution in [2.75, 3.05) is 53.2 Å². The van der Waals surface area contributed by atoms with Crippen LogP contribution in [0.1, 0.15) is 64.6 Å². The maximum Gasteiger partial charge on any atom is 0.267 e. The molecule has 2 bridgehead atoms. The molecule has 2 aromatic heterocycles. The van der Waals surface area contributed by atoms with Crippen LogP contribution in [0.2, 0.25) is 5.02 Å². The third-order valence-corrected chi connectivity index (χ3v) is 13.2. The Hall–Kier alpha value is -5.12. The monoisotopic (exact) mass is 794 g/mol. The molecule has 0 spiro atoms. The molecule has 290 valence electrons. The highest BCUT2D eigenvalue weighted by Gasteiger charge is 2.52. The first-order chi connectivity index (χ1) is 27.1. The Balaban J connectivity index is 0.719. The van der Waals surface area contributed by atoms with Gasteiger partial charge in [0.05, 0.1) is 34.9 Å². The van der Waals surface area contributed by atoms with Crippen molar-refractivity contribution in [2.45, 2.75) is 76.0 Å². The molecule has 2 aromatic carbocycles. The molecule has 4 amide bonds. The lowest BCUT2D eigenvalue weighted by Gasteiger charge is -2.62. The number of fused-ring (bicyclic) bond motifs is 3. The fraction of sp³-hybridized carbons (Fsp3) is 0.425. The first-order valence-electron chi connectivity index (χ1n) is 19.2. The summed E-state index contributed by atoms with van der Waals surface area (Å²) in [6.07, 6.45) is 4.84. The number of hydrogen-bond acceptors (Lipinski definition) is 12. The number of thiazole rings is 1. The summed E-state index contributed by atoms with van der Waals surface area (Å²) in [5.74, 6) is 1.40. The number of aromatic nitrogens is 3. The van der Waals surface area contributed by atoms with Crippen LogP contribution in [0, 0.1) is 13.8 Å². The van der Waals surface area contributed by atoms with Crippen LogP contribution >= 0.6 is 22.9 Å². The second kappa shape index (κ2) is 14.8. The number of piperazine rings is 2. The molecule has 0 aliphatic carbocycles. The minimum atomic E-state index is -0.283. The highest BCUT2D eigenvalue weighted by molar-refractivity contribution is 7.17. The van der Waals surface area contributed by atoms with E-state index >= 15 is 0 Å². The zero-order valence-corrected chi connectivity index (χ0v) is 32.8. The Morgan fingerprint density at radius 1 is 0.982 bits per heavy atom. The molecule has 4 unspecified atom stereocenters. The van der Waals surface area contributed by atoms with Gasteiger partial charge in [0.25, 0.3) is 5.91 Å². The molecule has 9 rings (SSSR count). The van der Waals surface area contributed by atoms with Crippen LogP contribution in [-0.2, 0) is 14.4 Å². The quantitative estimate of drug-likeness (QED) is 0.178. The van der Waals surface area contributed by atoms with Crippen LogP contribution in [0.5, 0.6) is 0 Å². The molecule has 4 aromatic rings. The van der Waals surface area contributed by atoms with E-state index in [-0.39, 0.29) is 35.6 Å². The van der Waals surface area contributed by atoms with Crippen molar-refractivity contribution in [2.24, 2.45) is 0 Å². The van der Waals surface area contributed by atoms with Crippen LogP contribution in [0.15, 0.2) is 54.7 Å². The number of halogens is 1. The fourth-order valence-electron chi connectivity index (χ4n) is 8.92. The number of amides is 4. The van der Waals surface area contributed by atoms with E-state index in [4.69, 9.17) is 16.6 Å². The van der Waals surface area contributed by atoms with Crippen molar-refractivity contribution in [3.05, 3.63) is 81.6 Å². The van der Waals surface area contributed by atoms with E-state index in [0.717, 1.165) is 68.2 Å². The summed E-state index contributed by atoms with van der Waals surface area (Å²) in [6, 6.07) is 16.9. The number of nitrogens with zero attached hydrogens (tertiary/aromatic N) is 7.